The Labute approximate surface area is 119 Å². The first-order valence-electron chi connectivity index (χ1n) is 6.41. The van der Waals surface area contributed by atoms with E-state index in [1.165, 1.54) is 0 Å². The van der Waals surface area contributed by atoms with Gasteiger partial charge in [0.05, 0.1) is 6.61 Å². The molecule has 0 radical (unpaired) electrons. The van der Waals surface area contributed by atoms with Crippen molar-refractivity contribution >= 4 is 11.6 Å². The molecule has 1 aromatic rings. The molecule has 108 valence electrons. The van der Waals surface area contributed by atoms with E-state index in [4.69, 9.17) is 21.1 Å². The van der Waals surface area contributed by atoms with Gasteiger partial charge in [0.2, 0.25) is 0 Å². The first-order valence-corrected chi connectivity index (χ1v) is 6.78. The van der Waals surface area contributed by atoms with E-state index in [9.17, 15) is 5.11 Å². The fourth-order valence-electron chi connectivity index (χ4n) is 1.83. The van der Waals surface area contributed by atoms with E-state index in [2.05, 4.69) is 5.32 Å². The van der Waals surface area contributed by atoms with Crippen molar-refractivity contribution in [3.05, 3.63) is 28.8 Å². The van der Waals surface area contributed by atoms with Crippen LogP contribution in [0.3, 0.4) is 0 Å². The quantitative estimate of drug-likeness (QED) is 0.771. The molecule has 0 saturated heterocycles. The predicted octanol–water partition coefficient (Wildman–Crippen LogP) is 2.40. The average Bonchev–Trinajstić information content (AvgIpc) is 2.38. The van der Waals surface area contributed by atoms with Gasteiger partial charge in [0.25, 0.3) is 0 Å². The van der Waals surface area contributed by atoms with Crippen LogP contribution in [0, 0.1) is 0 Å². The molecule has 0 saturated carbocycles. The Kier molecular flexibility index (Phi) is 7.16. The highest BCUT2D eigenvalue weighted by Crippen LogP contribution is 2.28. The maximum absolute atomic E-state index is 9.61. The average molecular weight is 288 g/mol. The summed E-state index contributed by atoms with van der Waals surface area (Å²) in [6.45, 7) is 5.41. The molecule has 1 aromatic carbocycles. The molecular formula is C14H22ClNO3. The van der Waals surface area contributed by atoms with Gasteiger partial charge in [0.1, 0.15) is 18.5 Å². The van der Waals surface area contributed by atoms with Crippen molar-refractivity contribution in [3.63, 3.8) is 0 Å². The summed E-state index contributed by atoms with van der Waals surface area (Å²) in [6, 6.07) is 5.62. The number of halogens is 1. The van der Waals surface area contributed by atoms with E-state index in [1.54, 1.807) is 13.2 Å². The van der Waals surface area contributed by atoms with Gasteiger partial charge >= 0.3 is 0 Å². The van der Waals surface area contributed by atoms with Crippen LogP contribution in [-0.4, -0.2) is 38.1 Å². The molecule has 0 aromatic heterocycles. The van der Waals surface area contributed by atoms with Crippen LogP contribution in [0.25, 0.3) is 0 Å². The van der Waals surface area contributed by atoms with Gasteiger partial charge in [0.15, 0.2) is 0 Å². The number of methoxy groups -OCH3 is 1. The third-order valence-electron chi connectivity index (χ3n) is 2.74. The van der Waals surface area contributed by atoms with E-state index in [0.29, 0.717) is 5.02 Å². The molecule has 2 atom stereocenters. The first-order chi connectivity index (χ1) is 9.08. The SMILES string of the molecule is CCNC(C)c1cc(Cl)ccc1OCC(O)COC. The summed E-state index contributed by atoms with van der Waals surface area (Å²) in [4.78, 5) is 0. The smallest absolute Gasteiger partial charge is 0.124 e. The van der Waals surface area contributed by atoms with Crippen LogP contribution in [-0.2, 0) is 4.74 Å². The second-order valence-corrected chi connectivity index (χ2v) is 4.82. The first kappa shape index (κ1) is 16.2. The molecular weight excluding hydrogens is 266 g/mol. The van der Waals surface area contributed by atoms with Crippen molar-refractivity contribution in [2.24, 2.45) is 0 Å². The van der Waals surface area contributed by atoms with E-state index in [0.717, 1.165) is 17.9 Å². The molecule has 0 heterocycles. The monoisotopic (exact) mass is 287 g/mol. The largest absolute Gasteiger partial charge is 0.490 e. The number of ether oxygens (including phenoxy) is 2. The lowest BCUT2D eigenvalue weighted by atomic mass is 10.1. The van der Waals surface area contributed by atoms with Gasteiger partial charge in [-0.3, -0.25) is 0 Å². The van der Waals surface area contributed by atoms with E-state index < -0.39 is 6.10 Å². The van der Waals surface area contributed by atoms with Gasteiger partial charge in [0, 0.05) is 23.7 Å². The molecule has 2 unspecified atom stereocenters. The molecule has 2 N–H and O–H groups in total. The summed E-state index contributed by atoms with van der Waals surface area (Å²) < 4.78 is 10.5. The van der Waals surface area contributed by atoms with Crippen LogP contribution in [0.1, 0.15) is 25.5 Å². The molecule has 0 fully saturated rings. The summed E-state index contributed by atoms with van der Waals surface area (Å²) in [5, 5.41) is 13.6. The van der Waals surface area contributed by atoms with E-state index >= 15 is 0 Å². The summed E-state index contributed by atoms with van der Waals surface area (Å²) in [7, 11) is 1.55. The molecule has 0 aliphatic carbocycles. The number of nitrogens with one attached hydrogen (secondary N) is 1. The van der Waals surface area contributed by atoms with Gasteiger partial charge in [-0.2, -0.15) is 0 Å². The van der Waals surface area contributed by atoms with Crippen molar-refractivity contribution in [3.8, 4) is 5.75 Å². The number of rotatable bonds is 8. The van der Waals surface area contributed by atoms with Crippen molar-refractivity contribution in [1.82, 2.24) is 5.32 Å². The predicted molar refractivity (Wildman–Crippen MR) is 76.9 cm³/mol. The molecule has 0 spiro atoms. The van der Waals surface area contributed by atoms with Gasteiger partial charge < -0.3 is 19.9 Å². The molecule has 0 amide bonds. The number of hydrogen-bond donors (Lipinski definition) is 2. The van der Waals surface area contributed by atoms with Crippen molar-refractivity contribution < 1.29 is 14.6 Å². The van der Waals surface area contributed by atoms with Crippen molar-refractivity contribution in [2.75, 3.05) is 26.9 Å². The van der Waals surface area contributed by atoms with Crippen LogP contribution < -0.4 is 10.1 Å². The maximum Gasteiger partial charge on any atom is 0.124 e. The summed E-state index contributed by atoms with van der Waals surface area (Å²) in [5.41, 5.74) is 0.985. The minimum absolute atomic E-state index is 0.137. The lowest BCUT2D eigenvalue weighted by Gasteiger charge is -2.19. The van der Waals surface area contributed by atoms with Crippen LogP contribution in [0.15, 0.2) is 18.2 Å². The van der Waals surface area contributed by atoms with Crippen molar-refractivity contribution in [1.29, 1.82) is 0 Å². The van der Waals surface area contributed by atoms with Crippen LogP contribution >= 0.6 is 11.6 Å². The van der Waals surface area contributed by atoms with Gasteiger partial charge in [-0.25, -0.2) is 0 Å². The second kappa shape index (κ2) is 8.38. The summed E-state index contributed by atoms with van der Waals surface area (Å²) >= 11 is 6.02. The number of aliphatic hydroxyl groups is 1. The Bertz CT molecular complexity index is 387. The zero-order chi connectivity index (χ0) is 14.3. The fourth-order valence-corrected chi connectivity index (χ4v) is 2.01. The Balaban J connectivity index is 2.76. The topological polar surface area (TPSA) is 50.7 Å². The van der Waals surface area contributed by atoms with Gasteiger partial charge in [-0.05, 0) is 31.7 Å². The number of benzene rings is 1. The van der Waals surface area contributed by atoms with Crippen molar-refractivity contribution in [2.45, 2.75) is 26.0 Å². The fraction of sp³-hybridized carbons (Fsp3) is 0.571. The highest BCUT2D eigenvalue weighted by atomic mass is 35.5. The zero-order valence-electron chi connectivity index (χ0n) is 11.6. The van der Waals surface area contributed by atoms with Gasteiger partial charge in [-0.1, -0.05) is 18.5 Å². The molecule has 0 aliphatic rings. The molecule has 0 aliphatic heterocycles. The zero-order valence-corrected chi connectivity index (χ0v) is 12.4. The van der Waals surface area contributed by atoms with Crippen LogP contribution in [0.5, 0.6) is 5.75 Å². The standard InChI is InChI=1S/C14H22ClNO3/c1-4-16-10(2)13-7-11(15)5-6-14(13)19-9-12(17)8-18-3/h5-7,10,12,16-17H,4,8-9H2,1-3H3. The lowest BCUT2D eigenvalue weighted by Crippen LogP contribution is -2.24. The Morgan fingerprint density at radius 2 is 2.11 bits per heavy atom. The lowest BCUT2D eigenvalue weighted by molar-refractivity contribution is 0.0322. The Morgan fingerprint density at radius 1 is 1.37 bits per heavy atom. The highest BCUT2D eigenvalue weighted by molar-refractivity contribution is 6.30. The highest BCUT2D eigenvalue weighted by Gasteiger charge is 2.13. The van der Waals surface area contributed by atoms with E-state index in [-0.39, 0.29) is 19.3 Å². The number of hydrogen-bond acceptors (Lipinski definition) is 4. The molecule has 0 bridgehead atoms. The summed E-state index contributed by atoms with van der Waals surface area (Å²) in [6.07, 6.45) is -0.636. The Morgan fingerprint density at radius 3 is 2.74 bits per heavy atom. The Hall–Kier alpha value is -0.810. The minimum atomic E-state index is -0.636. The third-order valence-corrected chi connectivity index (χ3v) is 2.97. The minimum Gasteiger partial charge on any atom is -0.490 e. The second-order valence-electron chi connectivity index (χ2n) is 4.38. The number of aliphatic hydroxyl groups excluding tert-OH is 1. The van der Waals surface area contributed by atoms with Gasteiger partial charge in [-0.15, -0.1) is 0 Å². The summed E-state index contributed by atoms with van der Waals surface area (Å²) in [5.74, 6) is 0.730. The van der Waals surface area contributed by atoms with E-state index in [1.807, 2.05) is 26.0 Å². The molecule has 19 heavy (non-hydrogen) atoms. The van der Waals surface area contributed by atoms with Crippen LogP contribution in [0.2, 0.25) is 5.02 Å². The third kappa shape index (κ3) is 5.37. The normalized spacial score (nSPS) is 14.2. The molecule has 1 rings (SSSR count). The van der Waals surface area contributed by atoms with Crippen LogP contribution in [0.4, 0.5) is 0 Å². The molecule has 5 heteroatoms. The maximum atomic E-state index is 9.61. The molecule has 4 nitrogen and oxygen atoms in total.